The van der Waals surface area contributed by atoms with Gasteiger partial charge in [0.15, 0.2) is 0 Å². The van der Waals surface area contributed by atoms with Crippen LogP contribution in [0, 0.1) is 5.92 Å². The van der Waals surface area contributed by atoms with Crippen LogP contribution in [0.4, 0.5) is 0 Å². The average molecular weight is 171 g/mol. The van der Waals surface area contributed by atoms with E-state index >= 15 is 0 Å². The summed E-state index contributed by atoms with van der Waals surface area (Å²) in [6.45, 7) is 2.55. The van der Waals surface area contributed by atoms with Gasteiger partial charge in [-0.1, -0.05) is 25.7 Å². The molecule has 0 aromatic heterocycles. The van der Waals surface area contributed by atoms with Gasteiger partial charge in [0.05, 0.1) is 0 Å². The third-order valence-corrected chi connectivity index (χ3v) is 2.64. The van der Waals surface area contributed by atoms with Gasteiger partial charge in [0, 0.05) is 13.2 Å². The summed E-state index contributed by atoms with van der Waals surface area (Å²) < 4.78 is 5.46. The molecular formula is C10H21NO. The highest BCUT2D eigenvalue weighted by molar-refractivity contribution is 4.66. The molecule has 0 atom stereocenters. The SMILES string of the molecule is NCCCOCCC1CCCC1. The van der Waals surface area contributed by atoms with Crippen LogP contribution in [0.3, 0.4) is 0 Å². The van der Waals surface area contributed by atoms with E-state index in [4.69, 9.17) is 10.5 Å². The van der Waals surface area contributed by atoms with Crippen molar-refractivity contribution in [2.24, 2.45) is 11.7 Å². The Bertz CT molecular complexity index is 100. The molecule has 0 amide bonds. The van der Waals surface area contributed by atoms with E-state index in [-0.39, 0.29) is 0 Å². The van der Waals surface area contributed by atoms with Gasteiger partial charge in [0.1, 0.15) is 0 Å². The first-order valence-electron chi connectivity index (χ1n) is 5.21. The van der Waals surface area contributed by atoms with Gasteiger partial charge in [-0.25, -0.2) is 0 Å². The first-order chi connectivity index (χ1) is 5.93. The van der Waals surface area contributed by atoms with Gasteiger partial charge < -0.3 is 10.5 Å². The molecule has 1 aliphatic carbocycles. The van der Waals surface area contributed by atoms with Crippen molar-refractivity contribution in [1.29, 1.82) is 0 Å². The summed E-state index contributed by atoms with van der Waals surface area (Å²) in [5.74, 6) is 0.961. The normalized spacial score (nSPS) is 18.8. The molecule has 0 radical (unpaired) electrons. The molecule has 0 heterocycles. The highest BCUT2D eigenvalue weighted by Crippen LogP contribution is 2.27. The van der Waals surface area contributed by atoms with Gasteiger partial charge in [-0.3, -0.25) is 0 Å². The number of nitrogens with two attached hydrogens (primary N) is 1. The zero-order valence-electron chi connectivity index (χ0n) is 7.93. The maximum atomic E-state index is 5.46. The molecule has 1 rings (SSSR count). The molecule has 0 aliphatic heterocycles. The van der Waals surface area contributed by atoms with Gasteiger partial charge >= 0.3 is 0 Å². The van der Waals surface area contributed by atoms with Gasteiger partial charge in [-0.2, -0.15) is 0 Å². The molecule has 0 saturated heterocycles. The van der Waals surface area contributed by atoms with E-state index in [0.29, 0.717) is 0 Å². The zero-order valence-corrected chi connectivity index (χ0v) is 7.93. The number of hydrogen-bond acceptors (Lipinski definition) is 2. The van der Waals surface area contributed by atoms with Crippen molar-refractivity contribution in [3.05, 3.63) is 0 Å². The van der Waals surface area contributed by atoms with Crippen LogP contribution < -0.4 is 5.73 Å². The summed E-state index contributed by atoms with van der Waals surface area (Å²) in [6.07, 6.45) is 8.01. The second-order valence-corrected chi connectivity index (χ2v) is 3.69. The first-order valence-corrected chi connectivity index (χ1v) is 5.21. The number of hydrogen-bond donors (Lipinski definition) is 1. The quantitative estimate of drug-likeness (QED) is 0.620. The van der Waals surface area contributed by atoms with E-state index in [1.807, 2.05) is 0 Å². The molecule has 1 saturated carbocycles. The molecule has 72 valence electrons. The predicted octanol–water partition coefficient (Wildman–Crippen LogP) is 1.93. The molecule has 2 heteroatoms. The molecule has 12 heavy (non-hydrogen) atoms. The van der Waals surface area contributed by atoms with Gasteiger partial charge in [-0.05, 0) is 25.3 Å². The Hall–Kier alpha value is -0.0800. The third-order valence-electron chi connectivity index (χ3n) is 2.64. The first kappa shape index (κ1) is 10.0. The molecule has 1 fully saturated rings. The van der Waals surface area contributed by atoms with Gasteiger partial charge in [0.25, 0.3) is 0 Å². The van der Waals surface area contributed by atoms with E-state index in [9.17, 15) is 0 Å². The van der Waals surface area contributed by atoms with Crippen molar-refractivity contribution < 1.29 is 4.74 Å². The highest BCUT2D eigenvalue weighted by atomic mass is 16.5. The van der Waals surface area contributed by atoms with Crippen molar-refractivity contribution in [2.75, 3.05) is 19.8 Å². The van der Waals surface area contributed by atoms with Crippen LogP contribution in [0.2, 0.25) is 0 Å². The maximum Gasteiger partial charge on any atom is 0.0478 e. The Labute approximate surface area is 75.5 Å². The topological polar surface area (TPSA) is 35.2 Å². The van der Waals surface area contributed by atoms with Crippen LogP contribution >= 0.6 is 0 Å². The summed E-state index contributed by atoms with van der Waals surface area (Å²) in [6, 6.07) is 0. The molecule has 0 unspecified atom stereocenters. The zero-order chi connectivity index (χ0) is 8.65. The van der Waals surface area contributed by atoms with E-state index in [0.717, 1.165) is 32.1 Å². The lowest BCUT2D eigenvalue weighted by atomic mass is 10.1. The van der Waals surface area contributed by atoms with Crippen molar-refractivity contribution in [3.8, 4) is 0 Å². The molecule has 0 bridgehead atoms. The van der Waals surface area contributed by atoms with Crippen molar-refractivity contribution in [3.63, 3.8) is 0 Å². The van der Waals surface area contributed by atoms with Crippen molar-refractivity contribution in [2.45, 2.75) is 38.5 Å². The fourth-order valence-electron chi connectivity index (χ4n) is 1.84. The Morgan fingerprint density at radius 3 is 2.58 bits per heavy atom. The Morgan fingerprint density at radius 2 is 1.92 bits per heavy atom. The molecule has 0 aromatic carbocycles. The largest absolute Gasteiger partial charge is 0.381 e. The van der Waals surface area contributed by atoms with Crippen molar-refractivity contribution >= 4 is 0 Å². The second kappa shape index (κ2) is 6.44. The van der Waals surface area contributed by atoms with Crippen LogP contribution in [-0.4, -0.2) is 19.8 Å². The summed E-state index contributed by atoms with van der Waals surface area (Å²) in [5, 5.41) is 0. The Balaban J connectivity index is 1.81. The summed E-state index contributed by atoms with van der Waals surface area (Å²) in [5.41, 5.74) is 5.35. The summed E-state index contributed by atoms with van der Waals surface area (Å²) in [7, 11) is 0. The van der Waals surface area contributed by atoms with Gasteiger partial charge in [0.2, 0.25) is 0 Å². The lowest BCUT2D eigenvalue weighted by molar-refractivity contribution is 0.119. The Kier molecular flexibility index (Phi) is 5.37. The minimum atomic E-state index is 0.753. The number of rotatable bonds is 6. The summed E-state index contributed by atoms with van der Waals surface area (Å²) in [4.78, 5) is 0. The minimum Gasteiger partial charge on any atom is -0.381 e. The molecule has 0 spiro atoms. The lowest BCUT2D eigenvalue weighted by Gasteiger charge is -2.08. The molecule has 2 nitrogen and oxygen atoms in total. The van der Waals surface area contributed by atoms with E-state index in [1.165, 1.54) is 32.1 Å². The van der Waals surface area contributed by atoms with Crippen LogP contribution in [0.1, 0.15) is 38.5 Å². The van der Waals surface area contributed by atoms with E-state index < -0.39 is 0 Å². The third kappa shape index (κ3) is 4.07. The molecular weight excluding hydrogens is 150 g/mol. The van der Waals surface area contributed by atoms with Crippen molar-refractivity contribution in [1.82, 2.24) is 0 Å². The van der Waals surface area contributed by atoms with E-state index in [1.54, 1.807) is 0 Å². The summed E-state index contributed by atoms with van der Waals surface area (Å²) >= 11 is 0. The standard InChI is InChI=1S/C10H21NO/c11-7-3-8-12-9-6-10-4-1-2-5-10/h10H,1-9,11H2. The Morgan fingerprint density at radius 1 is 1.17 bits per heavy atom. The van der Waals surface area contributed by atoms with E-state index in [2.05, 4.69) is 0 Å². The molecule has 2 N–H and O–H groups in total. The smallest absolute Gasteiger partial charge is 0.0478 e. The predicted molar refractivity (Wildman–Crippen MR) is 51.1 cm³/mol. The maximum absolute atomic E-state index is 5.46. The lowest BCUT2D eigenvalue weighted by Crippen LogP contribution is -2.07. The number of ether oxygens (including phenoxy) is 1. The van der Waals surface area contributed by atoms with Crippen LogP contribution in [-0.2, 0) is 4.74 Å². The minimum absolute atomic E-state index is 0.753. The monoisotopic (exact) mass is 171 g/mol. The van der Waals surface area contributed by atoms with Crippen LogP contribution in [0.25, 0.3) is 0 Å². The average Bonchev–Trinajstić information content (AvgIpc) is 2.57. The molecule has 0 aromatic rings. The van der Waals surface area contributed by atoms with Crippen LogP contribution in [0.15, 0.2) is 0 Å². The second-order valence-electron chi connectivity index (χ2n) is 3.69. The van der Waals surface area contributed by atoms with Crippen LogP contribution in [0.5, 0.6) is 0 Å². The highest BCUT2D eigenvalue weighted by Gasteiger charge is 2.13. The molecule has 1 aliphatic rings. The fraction of sp³-hybridized carbons (Fsp3) is 1.00. The van der Waals surface area contributed by atoms with Gasteiger partial charge in [-0.15, -0.1) is 0 Å². The fourth-order valence-corrected chi connectivity index (χ4v) is 1.84.